The van der Waals surface area contributed by atoms with Crippen molar-refractivity contribution < 1.29 is 4.79 Å². The van der Waals surface area contributed by atoms with Crippen molar-refractivity contribution in [3.8, 4) is 0 Å². The van der Waals surface area contributed by atoms with Gasteiger partial charge in [-0.15, -0.1) is 0 Å². The van der Waals surface area contributed by atoms with Crippen LogP contribution in [-0.2, 0) is 6.54 Å². The summed E-state index contributed by atoms with van der Waals surface area (Å²) in [6.07, 6.45) is 6.23. The van der Waals surface area contributed by atoms with E-state index in [1.54, 1.807) is 30.9 Å². The number of pyridine rings is 1. The molecule has 1 aromatic carbocycles. The van der Waals surface area contributed by atoms with E-state index in [4.69, 9.17) is 0 Å². The highest BCUT2D eigenvalue weighted by Crippen LogP contribution is 2.17. The summed E-state index contributed by atoms with van der Waals surface area (Å²) >= 11 is 0. The lowest BCUT2D eigenvalue weighted by atomic mass is 10.2. The van der Waals surface area contributed by atoms with Gasteiger partial charge in [-0.05, 0) is 29.8 Å². The molecule has 0 unspecified atom stereocenters. The average Bonchev–Trinajstić information content (AvgIpc) is 3.17. The minimum atomic E-state index is -0.174. The molecule has 3 heterocycles. The van der Waals surface area contributed by atoms with Gasteiger partial charge in [0.1, 0.15) is 11.8 Å². The van der Waals surface area contributed by atoms with E-state index in [9.17, 15) is 4.79 Å². The van der Waals surface area contributed by atoms with Gasteiger partial charge in [-0.3, -0.25) is 9.78 Å². The van der Waals surface area contributed by atoms with Crippen LogP contribution in [0.2, 0.25) is 0 Å². The van der Waals surface area contributed by atoms with Gasteiger partial charge in [0.15, 0.2) is 11.5 Å². The summed E-state index contributed by atoms with van der Waals surface area (Å²) in [5, 5.41) is 6.14. The molecule has 4 aromatic rings. The summed E-state index contributed by atoms with van der Waals surface area (Å²) in [6, 6.07) is 11.0. The fourth-order valence-corrected chi connectivity index (χ4v) is 2.55. The number of carbonyl (C=O) groups excluding carboxylic acids is 1. The standard InChI is InChI=1S/C18H15N7O/c26-18(13-4-6-19-7-5-13)25-14-3-1-2-12(8-14)9-20-16-15-17(22-10-21-15)24-11-23-16/h1-8,10-11H,9H2,(H,25,26)(H2,20,21,22,23,24). The number of carbonyl (C=O) groups is 1. The summed E-state index contributed by atoms with van der Waals surface area (Å²) in [4.78, 5) is 31.6. The number of nitrogens with one attached hydrogen (secondary N) is 3. The Morgan fingerprint density at radius 3 is 2.85 bits per heavy atom. The van der Waals surface area contributed by atoms with Gasteiger partial charge < -0.3 is 15.6 Å². The highest BCUT2D eigenvalue weighted by molar-refractivity contribution is 6.04. The maximum Gasteiger partial charge on any atom is 0.255 e. The maximum atomic E-state index is 12.2. The maximum absolute atomic E-state index is 12.2. The number of hydrogen-bond donors (Lipinski definition) is 3. The van der Waals surface area contributed by atoms with Crippen LogP contribution < -0.4 is 10.6 Å². The van der Waals surface area contributed by atoms with E-state index in [-0.39, 0.29) is 5.91 Å². The summed E-state index contributed by atoms with van der Waals surface area (Å²) in [7, 11) is 0. The van der Waals surface area contributed by atoms with E-state index in [2.05, 4.69) is 35.6 Å². The topological polar surface area (TPSA) is 108 Å². The molecule has 0 saturated carbocycles. The number of amides is 1. The zero-order valence-corrected chi connectivity index (χ0v) is 13.7. The molecule has 128 valence electrons. The van der Waals surface area contributed by atoms with Crippen molar-refractivity contribution >= 4 is 28.6 Å². The van der Waals surface area contributed by atoms with Crippen molar-refractivity contribution in [3.05, 3.63) is 72.6 Å². The number of anilines is 2. The molecule has 4 rings (SSSR count). The van der Waals surface area contributed by atoms with Crippen LogP contribution in [0.25, 0.3) is 11.2 Å². The van der Waals surface area contributed by atoms with Gasteiger partial charge >= 0.3 is 0 Å². The number of aromatic nitrogens is 5. The number of H-pyrrole nitrogens is 1. The molecule has 3 aromatic heterocycles. The van der Waals surface area contributed by atoms with Crippen LogP contribution in [-0.4, -0.2) is 30.8 Å². The van der Waals surface area contributed by atoms with Crippen molar-refractivity contribution in [2.75, 3.05) is 10.6 Å². The molecule has 0 bridgehead atoms. The van der Waals surface area contributed by atoms with Gasteiger partial charge in [-0.1, -0.05) is 12.1 Å². The smallest absolute Gasteiger partial charge is 0.255 e. The lowest BCUT2D eigenvalue weighted by molar-refractivity contribution is 0.102. The molecule has 1 amide bonds. The fourth-order valence-electron chi connectivity index (χ4n) is 2.55. The van der Waals surface area contributed by atoms with Crippen LogP contribution in [0, 0.1) is 0 Å². The first-order chi connectivity index (χ1) is 12.8. The molecular formula is C18H15N7O. The fraction of sp³-hybridized carbons (Fsp3) is 0.0556. The van der Waals surface area contributed by atoms with Gasteiger partial charge in [0, 0.05) is 30.2 Å². The third-order valence-corrected chi connectivity index (χ3v) is 3.81. The molecule has 26 heavy (non-hydrogen) atoms. The summed E-state index contributed by atoms with van der Waals surface area (Å²) in [5.74, 6) is 0.506. The zero-order valence-electron chi connectivity index (χ0n) is 13.7. The molecule has 0 radical (unpaired) electrons. The van der Waals surface area contributed by atoms with Gasteiger partial charge in [0.25, 0.3) is 5.91 Å². The molecular weight excluding hydrogens is 330 g/mol. The van der Waals surface area contributed by atoms with Crippen molar-refractivity contribution in [3.63, 3.8) is 0 Å². The first-order valence-corrected chi connectivity index (χ1v) is 7.98. The third-order valence-electron chi connectivity index (χ3n) is 3.81. The van der Waals surface area contributed by atoms with Gasteiger partial charge in [-0.2, -0.15) is 0 Å². The number of benzene rings is 1. The second-order valence-corrected chi connectivity index (χ2v) is 5.57. The van der Waals surface area contributed by atoms with Crippen LogP contribution in [0.1, 0.15) is 15.9 Å². The Hall–Kier alpha value is -3.81. The largest absolute Gasteiger partial charge is 0.364 e. The summed E-state index contributed by atoms with van der Waals surface area (Å²) in [5.41, 5.74) is 3.66. The molecule has 0 aliphatic carbocycles. The number of fused-ring (bicyclic) bond motifs is 1. The Morgan fingerprint density at radius 1 is 1.08 bits per heavy atom. The predicted octanol–water partition coefficient (Wildman–Crippen LogP) is 2.61. The van der Waals surface area contributed by atoms with Crippen LogP contribution in [0.5, 0.6) is 0 Å². The Morgan fingerprint density at radius 2 is 1.96 bits per heavy atom. The SMILES string of the molecule is O=C(Nc1cccc(CNc2ncnc3nc[nH]c23)c1)c1ccncc1. The predicted molar refractivity (Wildman–Crippen MR) is 97.6 cm³/mol. The molecule has 8 nitrogen and oxygen atoms in total. The van der Waals surface area contributed by atoms with Gasteiger partial charge in [0.05, 0.1) is 6.33 Å². The molecule has 0 atom stereocenters. The minimum absolute atomic E-state index is 0.174. The van der Waals surface area contributed by atoms with E-state index < -0.39 is 0 Å². The average molecular weight is 345 g/mol. The van der Waals surface area contributed by atoms with Crippen molar-refractivity contribution in [2.24, 2.45) is 0 Å². The third kappa shape index (κ3) is 3.34. The van der Waals surface area contributed by atoms with Gasteiger partial charge in [0.2, 0.25) is 0 Å². The molecule has 8 heteroatoms. The van der Waals surface area contributed by atoms with E-state index in [0.29, 0.717) is 23.6 Å². The number of hydrogen-bond acceptors (Lipinski definition) is 6. The molecule has 0 spiro atoms. The Kier molecular flexibility index (Phi) is 4.21. The number of rotatable bonds is 5. The van der Waals surface area contributed by atoms with E-state index in [1.807, 2.05) is 24.3 Å². The molecule has 0 aliphatic rings. The van der Waals surface area contributed by atoms with E-state index in [0.717, 1.165) is 16.8 Å². The lowest BCUT2D eigenvalue weighted by Gasteiger charge is -2.09. The monoisotopic (exact) mass is 345 g/mol. The Bertz CT molecular complexity index is 1050. The molecule has 0 fully saturated rings. The van der Waals surface area contributed by atoms with Crippen LogP contribution >= 0.6 is 0 Å². The van der Waals surface area contributed by atoms with Crippen molar-refractivity contribution in [1.82, 2.24) is 24.9 Å². The van der Waals surface area contributed by atoms with E-state index >= 15 is 0 Å². The molecule has 0 aliphatic heterocycles. The molecule has 0 saturated heterocycles. The van der Waals surface area contributed by atoms with Crippen LogP contribution in [0.15, 0.2) is 61.4 Å². The number of aromatic amines is 1. The first-order valence-electron chi connectivity index (χ1n) is 7.98. The second-order valence-electron chi connectivity index (χ2n) is 5.57. The van der Waals surface area contributed by atoms with Crippen LogP contribution in [0.4, 0.5) is 11.5 Å². The molecule has 3 N–H and O–H groups in total. The quantitative estimate of drug-likeness (QED) is 0.513. The highest BCUT2D eigenvalue weighted by atomic mass is 16.1. The number of nitrogens with zero attached hydrogens (tertiary/aromatic N) is 4. The van der Waals surface area contributed by atoms with Crippen molar-refractivity contribution in [2.45, 2.75) is 6.54 Å². The van der Waals surface area contributed by atoms with Crippen molar-refractivity contribution in [1.29, 1.82) is 0 Å². The normalized spacial score (nSPS) is 10.6. The van der Waals surface area contributed by atoms with E-state index in [1.165, 1.54) is 6.33 Å². The Balaban J connectivity index is 1.46. The van der Waals surface area contributed by atoms with Crippen LogP contribution in [0.3, 0.4) is 0 Å². The highest BCUT2D eigenvalue weighted by Gasteiger charge is 2.07. The summed E-state index contributed by atoms with van der Waals surface area (Å²) < 4.78 is 0. The first kappa shape index (κ1) is 15.7. The second kappa shape index (κ2) is 6.98. The van der Waals surface area contributed by atoms with Gasteiger partial charge in [-0.25, -0.2) is 15.0 Å². The lowest BCUT2D eigenvalue weighted by Crippen LogP contribution is -2.12. The summed E-state index contributed by atoms with van der Waals surface area (Å²) in [6.45, 7) is 0.546. The minimum Gasteiger partial charge on any atom is -0.364 e. The number of imidazole rings is 1. The zero-order chi connectivity index (χ0) is 17.8. The Labute approximate surface area is 148 Å².